The molecule has 1 aromatic carbocycles. The molecular formula is C26H30N2O6. The molecule has 2 aromatic rings. The van der Waals surface area contributed by atoms with E-state index in [-0.39, 0.29) is 17.8 Å². The summed E-state index contributed by atoms with van der Waals surface area (Å²) in [4.78, 5) is 37.2. The molecule has 2 atom stereocenters. The second kappa shape index (κ2) is 10.3. The van der Waals surface area contributed by atoms with E-state index in [1.807, 2.05) is 0 Å². The molecule has 180 valence electrons. The maximum Gasteiger partial charge on any atom is 0.328 e. The Hall–Kier alpha value is -3.39. The molecule has 2 aliphatic carbocycles. The van der Waals surface area contributed by atoms with Crippen LogP contribution in [0.5, 0.6) is 0 Å². The largest absolute Gasteiger partial charge is 0.478 e. The number of aliphatic carboxylic acids is 2. The summed E-state index contributed by atoms with van der Waals surface area (Å²) in [5, 5.41) is 17.0. The molecule has 0 spiro atoms. The van der Waals surface area contributed by atoms with Gasteiger partial charge in [-0.2, -0.15) is 0 Å². The van der Waals surface area contributed by atoms with Crippen molar-refractivity contribution in [1.82, 2.24) is 9.88 Å². The van der Waals surface area contributed by atoms with Gasteiger partial charge in [-0.25, -0.2) is 9.59 Å². The number of esters is 1. The second-order valence-electron chi connectivity index (χ2n) is 9.20. The van der Waals surface area contributed by atoms with E-state index in [1.54, 1.807) is 0 Å². The van der Waals surface area contributed by atoms with Crippen molar-refractivity contribution in [3.8, 4) is 0 Å². The molecule has 0 unspecified atom stereocenters. The van der Waals surface area contributed by atoms with Crippen molar-refractivity contribution in [3.63, 3.8) is 0 Å². The van der Waals surface area contributed by atoms with Crippen LogP contribution in [0.2, 0.25) is 0 Å². The van der Waals surface area contributed by atoms with Gasteiger partial charge in [-0.05, 0) is 49.1 Å². The number of benzene rings is 1. The van der Waals surface area contributed by atoms with E-state index in [0.717, 1.165) is 25.8 Å². The van der Waals surface area contributed by atoms with Gasteiger partial charge in [0, 0.05) is 47.8 Å². The summed E-state index contributed by atoms with van der Waals surface area (Å²) in [6, 6.07) is 6.94. The molecule has 34 heavy (non-hydrogen) atoms. The van der Waals surface area contributed by atoms with Crippen LogP contribution in [0.1, 0.15) is 36.8 Å². The zero-order chi connectivity index (χ0) is 24.2. The number of hydrogen-bond donors (Lipinski definition) is 3. The van der Waals surface area contributed by atoms with E-state index in [4.69, 9.17) is 14.9 Å². The first-order valence-corrected chi connectivity index (χ1v) is 11.7. The van der Waals surface area contributed by atoms with E-state index >= 15 is 0 Å². The Bertz CT molecular complexity index is 1130. The van der Waals surface area contributed by atoms with Gasteiger partial charge in [0.15, 0.2) is 0 Å². The third kappa shape index (κ3) is 5.22. The number of carboxylic acids is 2. The number of aromatic amines is 1. The van der Waals surface area contributed by atoms with Crippen LogP contribution in [0, 0.1) is 11.8 Å². The van der Waals surface area contributed by atoms with E-state index in [9.17, 15) is 14.4 Å². The van der Waals surface area contributed by atoms with Gasteiger partial charge in [0.1, 0.15) is 0 Å². The van der Waals surface area contributed by atoms with Crippen molar-refractivity contribution >= 4 is 34.4 Å². The fraction of sp³-hybridized carbons (Fsp3) is 0.423. The minimum absolute atomic E-state index is 0.0179. The Morgan fingerprint density at radius 1 is 1.15 bits per heavy atom. The first-order chi connectivity index (χ1) is 16.3. The minimum atomic E-state index is -1.26. The van der Waals surface area contributed by atoms with Gasteiger partial charge in [0.2, 0.25) is 0 Å². The average Bonchev–Trinajstić information content (AvgIpc) is 3.49. The highest BCUT2D eigenvalue weighted by atomic mass is 16.5. The van der Waals surface area contributed by atoms with Crippen molar-refractivity contribution in [2.24, 2.45) is 11.8 Å². The summed E-state index contributed by atoms with van der Waals surface area (Å²) in [5.74, 6) is -2.08. The number of hydrogen-bond acceptors (Lipinski definition) is 5. The Labute approximate surface area is 197 Å². The van der Waals surface area contributed by atoms with E-state index in [0.29, 0.717) is 24.8 Å². The van der Waals surface area contributed by atoms with Gasteiger partial charge in [0.05, 0.1) is 12.5 Å². The average molecular weight is 467 g/mol. The summed E-state index contributed by atoms with van der Waals surface area (Å²) in [6.07, 6.45) is 11.0. The highest BCUT2D eigenvalue weighted by molar-refractivity contribution is 5.98. The Morgan fingerprint density at radius 2 is 1.85 bits per heavy atom. The standard InChI is InChI=1S/C22H26N2O2.C4H4O4/c1-24-12-14(13-26-22(25)15-5-2-3-6-15)9-18-17-7-4-8-19-21(17)16(11-23-19)10-20(18)24;5-3(6)1-2-4(7)8/h4,7-9,11,14-15,20,23H,2-3,5-6,10,12-13H2,1H3;1-2H,(H,5,6)(H,7,8)/b;2-1-/t14-,20-;/m1./s1. The molecule has 2 heterocycles. The molecule has 5 rings (SSSR count). The first-order valence-electron chi connectivity index (χ1n) is 11.7. The third-order valence-electron chi connectivity index (χ3n) is 6.84. The van der Waals surface area contributed by atoms with E-state index in [2.05, 4.69) is 47.4 Å². The van der Waals surface area contributed by atoms with Crippen LogP contribution in [0.15, 0.2) is 42.6 Å². The lowest BCUT2D eigenvalue weighted by Gasteiger charge is -2.39. The molecule has 0 bridgehead atoms. The summed E-state index contributed by atoms with van der Waals surface area (Å²) in [7, 11) is 2.20. The number of nitrogens with one attached hydrogen (secondary N) is 1. The highest BCUT2D eigenvalue weighted by Gasteiger charge is 2.34. The SMILES string of the molecule is CN1C[C@H](COC(=O)C2CCCC2)C=C2c3cccc4[nH]cc(c34)C[C@H]21.O=C(O)/C=C\C(=O)O. The molecule has 0 saturated heterocycles. The lowest BCUT2D eigenvalue weighted by atomic mass is 9.80. The maximum absolute atomic E-state index is 12.3. The smallest absolute Gasteiger partial charge is 0.328 e. The van der Waals surface area contributed by atoms with Crippen molar-refractivity contribution in [3.05, 3.63) is 53.8 Å². The summed E-state index contributed by atoms with van der Waals surface area (Å²) >= 11 is 0. The molecule has 1 aliphatic heterocycles. The number of fused-ring (bicyclic) bond motifs is 2. The fourth-order valence-electron chi connectivity index (χ4n) is 5.26. The van der Waals surface area contributed by atoms with Crippen LogP contribution in [0.4, 0.5) is 0 Å². The second-order valence-corrected chi connectivity index (χ2v) is 9.20. The first kappa shape index (κ1) is 23.8. The van der Waals surface area contributed by atoms with Gasteiger partial charge < -0.3 is 19.9 Å². The molecule has 0 amide bonds. The van der Waals surface area contributed by atoms with E-state index in [1.165, 1.54) is 40.4 Å². The van der Waals surface area contributed by atoms with Crippen molar-refractivity contribution < 1.29 is 29.3 Å². The number of likely N-dealkylation sites (N-methyl/N-ethyl adjacent to an activating group) is 1. The van der Waals surface area contributed by atoms with Gasteiger partial charge in [-0.1, -0.05) is 31.1 Å². The van der Waals surface area contributed by atoms with Crippen molar-refractivity contribution in [1.29, 1.82) is 0 Å². The molecule has 1 fully saturated rings. The zero-order valence-corrected chi connectivity index (χ0v) is 19.2. The molecule has 0 radical (unpaired) electrons. The van der Waals surface area contributed by atoms with Crippen molar-refractivity contribution in [2.45, 2.75) is 38.1 Å². The minimum Gasteiger partial charge on any atom is -0.478 e. The predicted octanol–water partition coefficient (Wildman–Crippen LogP) is 3.48. The van der Waals surface area contributed by atoms with Gasteiger partial charge >= 0.3 is 17.9 Å². The van der Waals surface area contributed by atoms with Crippen LogP contribution in [-0.2, 0) is 25.5 Å². The number of nitrogens with zero attached hydrogens (tertiary/aromatic N) is 1. The monoisotopic (exact) mass is 466 g/mol. The van der Waals surface area contributed by atoms with Crippen LogP contribution in [0.25, 0.3) is 16.5 Å². The van der Waals surface area contributed by atoms with Crippen LogP contribution >= 0.6 is 0 Å². The Kier molecular flexibility index (Phi) is 7.17. The molecule has 1 aromatic heterocycles. The van der Waals surface area contributed by atoms with Crippen molar-refractivity contribution in [2.75, 3.05) is 20.2 Å². The number of carbonyl (C=O) groups excluding carboxylic acids is 1. The molecule has 8 heteroatoms. The highest BCUT2D eigenvalue weighted by Crippen LogP contribution is 2.40. The molecule has 1 saturated carbocycles. The topological polar surface area (TPSA) is 120 Å². The van der Waals surface area contributed by atoms with Crippen LogP contribution < -0.4 is 0 Å². The lowest BCUT2D eigenvalue weighted by Crippen LogP contribution is -2.43. The molecule has 3 N–H and O–H groups in total. The maximum atomic E-state index is 12.3. The number of ether oxygens (including phenoxy) is 1. The molecular weight excluding hydrogens is 436 g/mol. The number of carbonyl (C=O) groups is 3. The summed E-state index contributed by atoms with van der Waals surface area (Å²) in [6.45, 7) is 1.45. The number of H-pyrrole nitrogens is 1. The summed E-state index contributed by atoms with van der Waals surface area (Å²) in [5.41, 5.74) is 5.37. The van der Waals surface area contributed by atoms with Gasteiger partial charge in [-0.3, -0.25) is 9.69 Å². The van der Waals surface area contributed by atoms with Gasteiger partial charge in [0.25, 0.3) is 0 Å². The number of carboxylic acid groups (broad SMARTS) is 2. The predicted molar refractivity (Wildman–Crippen MR) is 127 cm³/mol. The third-order valence-corrected chi connectivity index (χ3v) is 6.84. The Balaban J connectivity index is 0.000000297. The van der Waals surface area contributed by atoms with Crippen LogP contribution in [0.3, 0.4) is 0 Å². The lowest BCUT2D eigenvalue weighted by molar-refractivity contribution is -0.149. The van der Waals surface area contributed by atoms with Crippen LogP contribution in [-0.4, -0.2) is 64.2 Å². The summed E-state index contributed by atoms with van der Waals surface area (Å²) < 4.78 is 5.70. The normalized spacial score (nSPS) is 22.1. The quantitative estimate of drug-likeness (QED) is 0.456. The molecule has 3 aliphatic rings. The van der Waals surface area contributed by atoms with Gasteiger partial charge in [-0.15, -0.1) is 0 Å². The number of aromatic nitrogens is 1. The fourth-order valence-corrected chi connectivity index (χ4v) is 5.26. The molecule has 8 nitrogen and oxygen atoms in total. The Morgan fingerprint density at radius 3 is 2.53 bits per heavy atom. The zero-order valence-electron chi connectivity index (χ0n) is 19.2. The number of rotatable bonds is 5. The van der Waals surface area contributed by atoms with E-state index < -0.39 is 11.9 Å².